The van der Waals surface area contributed by atoms with Gasteiger partial charge in [-0.1, -0.05) is 0 Å². The van der Waals surface area contributed by atoms with Crippen LogP contribution in [0.1, 0.15) is 16.5 Å². The SMILES string of the molecule is NC(c1cc2sccc2s1)c1cc(F)c(F)cc1F. The van der Waals surface area contributed by atoms with Crippen LogP contribution in [0.4, 0.5) is 13.2 Å². The Morgan fingerprint density at radius 3 is 2.42 bits per heavy atom. The normalized spacial score (nSPS) is 13.1. The number of nitrogens with two attached hydrogens (primary N) is 1. The van der Waals surface area contributed by atoms with E-state index in [0.29, 0.717) is 6.07 Å². The highest BCUT2D eigenvalue weighted by atomic mass is 32.1. The molecule has 2 heterocycles. The van der Waals surface area contributed by atoms with E-state index in [1.165, 1.54) is 11.3 Å². The summed E-state index contributed by atoms with van der Waals surface area (Å²) in [4.78, 5) is 0.728. The fourth-order valence-electron chi connectivity index (χ4n) is 1.87. The van der Waals surface area contributed by atoms with E-state index in [4.69, 9.17) is 5.73 Å². The molecule has 0 saturated carbocycles. The molecule has 0 spiro atoms. The van der Waals surface area contributed by atoms with E-state index in [2.05, 4.69) is 0 Å². The van der Waals surface area contributed by atoms with E-state index in [9.17, 15) is 13.2 Å². The number of hydrogen-bond donors (Lipinski definition) is 1. The quantitative estimate of drug-likeness (QED) is 0.696. The van der Waals surface area contributed by atoms with E-state index in [1.54, 1.807) is 11.3 Å². The average molecular weight is 299 g/mol. The molecule has 0 amide bonds. The molecule has 1 nitrogen and oxygen atoms in total. The van der Waals surface area contributed by atoms with Gasteiger partial charge in [-0.3, -0.25) is 0 Å². The molecule has 3 rings (SSSR count). The molecular weight excluding hydrogens is 291 g/mol. The fraction of sp³-hybridized carbons (Fsp3) is 0.0769. The molecule has 19 heavy (non-hydrogen) atoms. The van der Waals surface area contributed by atoms with Crippen molar-refractivity contribution >= 4 is 32.1 Å². The molecule has 1 atom stereocenters. The minimum atomic E-state index is -1.21. The standard InChI is InChI=1S/C13H8F3NS2/c14-7-4-9(16)8(15)3-6(7)13(17)12-5-11-10(19-12)1-2-18-11/h1-5,13H,17H2. The lowest BCUT2D eigenvalue weighted by atomic mass is 10.1. The maximum atomic E-state index is 13.7. The monoisotopic (exact) mass is 299 g/mol. The van der Waals surface area contributed by atoms with Crippen molar-refractivity contribution in [2.24, 2.45) is 5.73 Å². The van der Waals surface area contributed by atoms with E-state index in [-0.39, 0.29) is 5.56 Å². The topological polar surface area (TPSA) is 26.0 Å². The van der Waals surface area contributed by atoms with E-state index >= 15 is 0 Å². The number of fused-ring (bicyclic) bond motifs is 1. The van der Waals surface area contributed by atoms with Gasteiger partial charge in [0.25, 0.3) is 0 Å². The zero-order valence-corrected chi connectivity index (χ0v) is 11.1. The van der Waals surface area contributed by atoms with Crippen LogP contribution in [-0.4, -0.2) is 0 Å². The second kappa shape index (κ2) is 4.63. The molecule has 6 heteroatoms. The van der Waals surface area contributed by atoms with Crippen LogP contribution in [0.25, 0.3) is 9.40 Å². The second-order valence-corrected chi connectivity index (χ2v) is 6.13. The molecule has 2 N–H and O–H groups in total. The highest BCUT2D eigenvalue weighted by molar-refractivity contribution is 7.27. The van der Waals surface area contributed by atoms with Gasteiger partial charge in [-0.2, -0.15) is 0 Å². The van der Waals surface area contributed by atoms with Gasteiger partial charge in [0.1, 0.15) is 5.82 Å². The third kappa shape index (κ3) is 2.16. The van der Waals surface area contributed by atoms with Crippen LogP contribution in [0.15, 0.2) is 29.6 Å². The Morgan fingerprint density at radius 1 is 0.947 bits per heavy atom. The van der Waals surface area contributed by atoms with Gasteiger partial charge in [-0.05, 0) is 23.6 Å². The lowest BCUT2D eigenvalue weighted by Crippen LogP contribution is -2.13. The smallest absolute Gasteiger partial charge is 0.161 e. The summed E-state index contributed by atoms with van der Waals surface area (Å²) in [7, 11) is 0. The first-order valence-electron chi connectivity index (χ1n) is 5.43. The Labute approximate surface area is 115 Å². The first-order chi connectivity index (χ1) is 9.06. The summed E-state index contributed by atoms with van der Waals surface area (Å²) in [5.74, 6) is -3.13. The molecule has 0 radical (unpaired) electrons. The van der Waals surface area contributed by atoms with Crippen molar-refractivity contribution < 1.29 is 13.2 Å². The molecule has 3 aromatic rings. The first-order valence-corrected chi connectivity index (χ1v) is 7.13. The van der Waals surface area contributed by atoms with Crippen molar-refractivity contribution in [1.82, 2.24) is 0 Å². The van der Waals surface area contributed by atoms with Crippen LogP contribution in [0.3, 0.4) is 0 Å². The van der Waals surface area contributed by atoms with Gasteiger partial charge in [-0.25, -0.2) is 13.2 Å². The summed E-state index contributed by atoms with van der Waals surface area (Å²) in [5.41, 5.74) is 5.91. The van der Waals surface area contributed by atoms with Crippen molar-refractivity contribution in [2.45, 2.75) is 6.04 Å². The molecule has 0 aliphatic heterocycles. The predicted molar refractivity (Wildman–Crippen MR) is 72.0 cm³/mol. The zero-order valence-electron chi connectivity index (χ0n) is 9.49. The fourth-order valence-corrected chi connectivity index (χ4v) is 4.01. The van der Waals surface area contributed by atoms with Crippen LogP contribution >= 0.6 is 22.7 Å². The van der Waals surface area contributed by atoms with Crippen molar-refractivity contribution in [3.05, 3.63) is 57.5 Å². The van der Waals surface area contributed by atoms with Crippen LogP contribution in [-0.2, 0) is 0 Å². The number of benzene rings is 1. The zero-order chi connectivity index (χ0) is 13.6. The summed E-state index contributed by atoms with van der Waals surface area (Å²) >= 11 is 2.99. The second-order valence-electron chi connectivity index (χ2n) is 4.06. The van der Waals surface area contributed by atoms with Gasteiger partial charge in [0.05, 0.1) is 6.04 Å². The summed E-state index contributed by atoms with van der Waals surface area (Å²) in [5, 5.41) is 1.95. The van der Waals surface area contributed by atoms with Gasteiger partial charge >= 0.3 is 0 Å². The summed E-state index contributed by atoms with van der Waals surface area (Å²) in [6.07, 6.45) is 0. The summed E-state index contributed by atoms with van der Waals surface area (Å²) in [6, 6.07) is 4.36. The van der Waals surface area contributed by atoms with Crippen LogP contribution in [0, 0.1) is 17.5 Å². The van der Waals surface area contributed by atoms with Crippen LogP contribution in [0.2, 0.25) is 0 Å². The Kier molecular flexibility index (Phi) is 3.08. The molecule has 0 aliphatic rings. The highest BCUT2D eigenvalue weighted by Crippen LogP contribution is 2.35. The molecule has 0 bridgehead atoms. The molecule has 0 saturated heterocycles. The number of rotatable bonds is 2. The highest BCUT2D eigenvalue weighted by Gasteiger charge is 2.19. The van der Waals surface area contributed by atoms with E-state index in [0.717, 1.165) is 20.3 Å². The molecule has 0 aliphatic carbocycles. The van der Waals surface area contributed by atoms with E-state index in [1.807, 2.05) is 17.5 Å². The Balaban J connectivity index is 2.06. The summed E-state index contributed by atoms with van der Waals surface area (Å²) < 4.78 is 41.9. The van der Waals surface area contributed by atoms with Crippen LogP contribution < -0.4 is 5.73 Å². The Bertz CT molecular complexity index is 719. The molecular formula is C13H8F3NS2. The van der Waals surface area contributed by atoms with Gasteiger partial charge in [-0.15, -0.1) is 22.7 Å². The Hall–Kier alpha value is -1.37. The molecule has 1 aromatic carbocycles. The largest absolute Gasteiger partial charge is 0.320 e. The van der Waals surface area contributed by atoms with Crippen molar-refractivity contribution in [3.63, 3.8) is 0 Å². The van der Waals surface area contributed by atoms with Crippen molar-refractivity contribution in [2.75, 3.05) is 0 Å². The molecule has 2 aromatic heterocycles. The predicted octanol–water partition coefficient (Wildman–Crippen LogP) is 4.43. The lowest BCUT2D eigenvalue weighted by molar-refractivity contribution is 0.488. The van der Waals surface area contributed by atoms with Gasteiger partial charge in [0.15, 0.2) is 11.6 Å². The maximum absolute atomic E-state index is 13.7. The lowest BCUT2D eigenvalue weighted by Gasteiger charge is -2.11. The minimum absolute atomic E-state index is 0.0344. The number of thiophene rings is 2. The first kappa shape index (κ1) is 12.7. The molecule has 0 fully saturated rings. The molecule has 98 valence electrons. The number of halogens is 3. The third-order valence-corrected chi connectivity index (χ3v) is 5.02. The van der Waals surface area contributed by atoms with E-state index < -0.39 is 23.5 Å². The van der Waals surface area contributed by atoms with Gasteiger partial charge in [0.2, 0.25) is 0 Å². The summed E-state index contributed by atoms with van der Waals surface area (Å²) in [6.45, 7) is 0. The van der Waals surface area contributed by atoms with Gasteiger partial charge < -0.3 is 5.73 Å². The molecule has 1 unspecified atom stereocenters. The third-order valence-electron chi connectivity index (χ3n) is 2.84. The Morgan fingerprint density at radius 2 is 1.68 bits per heavy atom. The minimum Gasteiger partial charge on any atom is -0.320 e. The maximum Gasteiger partial charge on any atom is 0.161 e. The van der Waals surface area contributed by atoms with Gasteiger partial charge in [0, 0.05) is 25.9 Å². The number of hydrogen-bond acceptors (Lipinski definition) is 3. The van der Waals surface area contributed by atoms with Crippen molar-refractivity contribution in [1.29, 1.82) is 0 Å². The van der Waals surface area contributed by atoms with Crippen molar-refractivity contribution in [3.8, 4) is 0 Å². The average Bonchev–Trinajstić information content (AvgIpc) is 2.93. The van der Waals surface area contributed by atoms with Crippen LogP contribution in [0.5, 0.6) is 0 Å².